The second-order valence-electron chi connectivity index (χ2n) is 7.74. The van der Waals surface area contributed by atoms with E-state index in [1.807, 2.05) is 12.1 Å². The van der Waals surface area contributed by atoms with Gasteiger partial charge >= 0.3 is 0 Å². The normalized spacial score (nSPS) is 12.4. The highest BCUT2D eigenvalue weighted by Crippen LogP contribution is 2.32. The topological polar surface area (TPSA) is 55.1 Å². The first kappa shape index (κ1) is 23.4. The van der Waals surface area contributed by atoms with Crippen LogP contribution < -0.4 is 5.32 Å². The number of nitrogens with zero attached hydrogens (tertiary/aromatic N) is 1. The van der Waals surface area contributed by atoms with Crippen molar-refractivity contribution in [2.45, 2.75) is 26.2 Å². The number of carbonyl (C=O) groups excluding carboxylic acids is 1. The van der Waals surface area contributed by atoms with Crippen molar-refractivity contribution in [3.63, 3.8) is 0 Å². The van der Waals surface area contributed by atoms with Crippen LogP contribution >= 0.6 is 34.8 Å². The minimum absolute atomic E-state index is 0.351. The van der Waals surface area contributed by atoms with Crippen LogP contribution in [0.5, 0.6) is 0 Å². The summed E-state index contributed by atoms with van der Waals surface area (Å²) in [6.07, 6.45) is 4.05. The third-order valence-electron chi connectivity index (χ3n) is 5.44. The molecule has 4 rings (SSSR count). The predicted molar refractivity (Wildman–Crippen MR) is 137 cm³/mol. The minimum atomic E-state index is -0.351. The molecule has 0 bridgehead atoms. The fourth-order valence-electron chi connectivity index (χ4n) is 3.34. The number of hydrogen-bond donors (Lipinski definition) is 1. The summed E-state index contributed by atoms with van der Waals surface area (Å²) in [6, 6.07) is 16.4. The molecule has 1 heterocycles. The molecule has 1 aromatic heterocycles. The quantitative estimate of drug-likeness (QED) is 0.270. The molecule has 4 aromatic rings. The maximum absolute atomic E-state index is 12.5. The van der Waals surface area contributed by atoms with Crippen LogP contribution in [0.1, 0.15) is 37.3 Å². The Hall–Kier alpha value is -2.79. The molecule has 168 valence electrons. The van der Waals surface area contributed by atoms with Crippen molar-refractivity contribution >= 4 is 63.6 Å². The van der Waals surface area contributed by atoms with E-state index in [1.165, 1.54) is 11.6 Å². The number of carbonyl (C=O) groups is 1. The summed E-state index contributed by atoms with van der Waals surface area (Å²) < 4.78 is 5.94. The maximum Gasteiger partial charge on any atom is 0.248 e. The van der Waals surface area contributed by atoms with Gasteiger partial charge < -0.3 is 9.73 Å². The minimum Gasteiger partial charge on any atom is -0.436 e. The average molecular weight is 500 g/mol. The number of halogens is 3. The Morgan fingerprint density at radius 1 is 1.06 bits per heavy atom. The van der Waals surface area contributed by atoms with Gasteiger partial charge in [0.1, 0.15) is 5.52 Å². The Morgan fingerprint density at radius 3 is 2.64 bits per heavy atom. The number of amides is 1. The second kappa shape index (κ2) is 10.0. The fraction of sp³-hybridized carbons (Fsp3) is 0.154. The number of fused-ring (bicyclic) bond motifs is 1. The van der Waals surface area contributed by atoms with E-state index in [4.69, 9.17) is 39.2 Å². The lowest BCUT2D eigenvalue weighted by atomic mass is 9.98. The summed E-state index contributed by atoms with van der Waals surface area (Å²) in [5, 5.41) is 4.18. The van der Waals surface area contributed by atoms with Crippen molar-refractivity contribution in [3.05, 3.63) is 86.9 Å². The molecule has 1 N–H and O–H groups in total. The summed E-state index contributed by atoms with van der Waals surface area (Å²) in [5.74, 6) is 0.556. The number of aromatic nitrogens is 1. The smallest absolute Gasteiger partial charge is 0.248 e. The van der Waals surface area contributed by atoms with Crippen molar-refractivity contribution in [1.82, 2.24) is 4.98 Å². The number of nitrogens with one attached hydrogen (secondary N) is 1. The highest BCUT2D eigenvalue weighted by atomic mass is 35.5. The van der Waals surface area contributed by atoms with Gasteiger partial charge in [0.2, 0.25) is 11.8 Å². The molecule has 0 aliphatic rings. The van der Waals surface area contributed by atoms with Crippen LogP contribution in [0.4, 0.5) is 5.69 Å². The van der Waals surface area contributed by atoms with E-state index in [9.17, 15) is 4.79 Å². The van der Waals surface area contributed by atoms with Crippen molar-refractivity contribution < 1.29 is 9.21 Å². The SMILES string of the molecule is CC[C@@H](C)c1ccc2oc(-c3ccc(Cl)c(NC(=O)/C=C/c4ccc(Cl)cc4Cl)c3)nc2c1. The zero-order valence-corrected chi connectivity index (χ0v) is 20.3. The van der Waals surface area contributed by atoms with Gasteiger partial charge in [0.25, 0.3) is 0 Å². The van der Waals surface area contributed by atoms with E-state index in [0.717, 1.165) is 11.9 Å². The molecule has 0 aliphatic heterocycles. The van der Waals surface area contributed by atoms with Crippen LogP contribution in [0.15, 0.2) is 65.1 Å². The molecule has 7 heteroatoms. The molecule has 0 unspecified atom stereocenters. The summed E-state index contributed by atoms with van der Waals surface area (Å²) in [7, 11) is 0. The lowest BCUT2D eigenvalue weighted by molar-refractivity contribution is -0.111. The van der Waals surface area contributed by atoms with E-state index >= 15 is 0 Å². The van der Waals surface area contributed by atoms with Gasteiger partial charge in [-0.25, -0.2) is 4.98 Å². The van der Waals surface area contributed by atoms with Crippen molar-refractivity contribution in [3.8, 4) is 11.5 Å². The number of rotatable bonds is 6. The van der Waals surface area contributed by atoms with E-state index in [0.29, 0.717) is 49.3 Å². The average Bonchev–Trinajstić information content (AvgIpc) is 3.23. The van der Waals surface area contributed by atoms with E-state index in [-0.39, 0.29) is 5.91 Å². The van der Waals surface area contributed by atoms with Crippen LogP contribution in [0.25, 0.3) is 28.6 Å². The molecular weight excluding hydrogens is 479 g/mol. The number of oxazole rings is 1. The van der Waals surface area contributed by atoms with Gasteiger partial charge in [-0.05, 0) is 72.0 Å². The van der Waals surface area contributed by atoms with Crippen molar-refractivity contribution in [1.29, 1.82) is 0 Å². The molecular formula is C26H21Cl3N2O2. The molecule has 0 saturated carbocycles. The van der Waals surface area contributed by atoms with Gasteiger partial charge in [-0.2, -0.15) is 0 Å². The summed E-state index contributed by atoms with van der Waals surface area (Å²) in [5.41, 5.74) is 4.57. The summed E-state index contributed by atoms with van der Waals surface area (Å²) >= 11 is 18.4. The molecule has 33 heavy (non-hydrogen) atoms. The zero-order chi connectivity index (χ0) is 23.5. The fourth-order valence-corrected chi connectivity index (χ4v) is 3.98. The first-order chi connectivity index (χ1) is 15.8. The number of anilines is 1. The highest BCUT2D eigenvalue weighted by Gasteiger charge is 2.13. The molecule has 1 atom stereocenters. The van der Waals surface area contributed by atoms with Crippen molar-refractivity contribution in [2.24, 2.45) is 0 Å². The molecule has 0 fully saturated rings. The van der Waals surface area contributed by atoms with Crippen LogP contribution in [0, 0.1) is 0 Å². The van der Waals surface area contributed by atoms with E-state index in [2.05, 4.69) is 36.3 Å². The molecule has 4 nitrogen and oxygen atoms in total. The monoisotopic (exact) mass is 498 g/mol. The molecule has 1 amide bonds. The van der Waals surface area contributed by atoms with Gasteiger partial charge in [0.15, 0.2) is 5.58 Å². The first-order valence-corrected chi connectivity index (χ1v) is 11.6. The first-order valence-electron chi connectivity index (χ1n) is 10.5. The van der Waals surface area contributed by atoms with Gasteiger partial charge in [-0.15, -0.1) is 0 Å². The van der Waals surface area contributed by atoms with Crippen LogP contribution in [0.2, 0.25) is 15.1 Å². The highest BCUT2D eigenvalue weighted by molar-refractivity contribution is 6.35. The van der Waals surface area contributed by atoms with E-state index < -0.39 is 0 Å². The van der Waals surface area contributed by atoms with Crippen LogP contribution in [-0.4, -0.2) is 10.9 Å². The van der Waals surface area contributed by atoms with Gasteiger partial charge in [0.05, 0.1) is 10.7 Å². The molecule has 0 saturated heterocycles. The lowest BCUT2D eigenvalue weighted by Crippen LogP contribution is -2.08. The Labute approximate surface area is 207 Å². The van der Waals surface area contributed by atoms with E-state index in [1.54, 1.807) is 36.4 Å². The maximum atomic E-state index is 12.5. The number of benzene rings is 3. The van der Waals surface area contributed by atoms with Gasteiger partial charge in [-0.1, -0.05) is 60.8 Å². The zero-order valence-electron chi connectivity index (χ0n) is 18.0. The standard InChI is InChI=1S/C26H21Cl3N2O2/c1-3-15(2)17-6-10-24-23(12-17)31-26(33-24)18-5-9-20(28)22(13-18)30-25(32)11-7-16-4-8-19(27)14-21(16)29/h4-15H,3H2,1-2H3,(H,30,32)/b11-7+/t15-/m1/s1. The Bertz CT molecular complexity index is 1360. The number of hydrogen-bond acceptors (Lipinski definition) is 3. The largest absolute Gasteiger partial charge is 0.436 e. The Kier molecular flexibility index (Phi) is 7.08. The second-order valence-corrected chi connectivity index (χ2v) is 8.99. The summed E-state index contributed by atoms with van der Waals surface area (Å²) in [4.78, 5) is 17.1. The molecule has 0 radical (unpaired) electrons. The Balaban J connectivity index is 1.56. The molecule has 3 aromatic carbocycles. The third kappa shape index (κ3) is 5.41. The van der Waals surface area contributed by atoms with Crippen LogP contribution in [0.3, 0.4) is 0 Å². The molecule has 0 spiro atoms. The van der Waals surface area contributed by atoms with Gasteiger partial charge in [0, 0.05) is 21.7 Å². The third-order valence-corrected chi connectivity index (χ3v) is 6.33. The summed E-state index contributed by atoms with van der Waals surface area (Å²) in [6.45, 7) is 4.34. The molecule has 0 aliphatic carbocycles. The lowest BCUT2D eigenvalue weighted by Gasteiger charge is -2.07. The van der Waals surface area contributed by atoms with Crippen LogP contribution in [-0.2, 0) is 4.79 Å². The van der Waals surface area contributed by atoms with Crippen molar-refractivity contribution in [2.75, 3.05) is 5.32 Å². The predicted octanol–water partition coefficient (Wildman–Crippen LogP) is 8.62. The van der Waals surface area contributed by atoms with Gasteiger partial charge in [-0.3, -0.25) is 4.79 Å². The Morgan fingerprint density at radius 2 is 1.88 bits per heavy atom.